The van der Waals surface area contributed by atoms with Gasteiger partial charge in [-0.2, -0.15) is 0 Å². The van der Waals surface area contributed by atoms with Crippen molar-refractivity contribution in [3.63, 3.8) is 0 Å². The van der Waals surface area contributed by atoms with E-state index >= 15 is 0 Å². The Balaban J connectivity index is 2.71. The van der Waals surface area contributed by atoms with Gasteiger partial charge in [-0.05, 0) is 18.1 Å². The smallest absolute Gasteiger partial charge is 0.0984 e. The van der Waals surface area contributed by atoms with Crippen molar-refractivity contribution < 1.29 is 0 Å². The van der Waals surface area contributed by atoms with Gasteiger partial charge in [-0.25, -0.2) is 0 Å². The molecule has 0 fully saturated rings. The lowest BCUT2D eigenvalue weighted by Crippen LogP contribution is -2.29. The van der Waals surface area contributed by atoms with Crippen LogP contribution in [0.4, 0.5) is 0 Å². The predicted molar refractivity (Wildman–Crippen MR) is 65.2 cm³/mol. The van der Waals surface area contributed by atoms with Crippen LogP contribution in [0.1, 0.15) is 25.0 Å². The molecule has 0 aliphatic carbocycles. The van der Waals surface area contributed by atoms with Crippen molar-refractivity contribution in [3.05, 3.63) is 35.4 Å². The van der Waals surface area contributed by atoms with E-state index < -0.39 is 0 Å². The molecule has 1 aromatic rings. The Morgan fingerprint density at radius 3 is 2.47 bits per heavy atom. The molecule has 0 aliphatic heterocycles. The van der Waals surface area contributed by atoms with Crippen molar-refractivity contribution in [1.29, 1.82) is 5.41 Å². The largest absolute Gasteiger partial charge is 0.359 e. The second-order valence-electron chi connectivity index (χ2n) is 4.32. The molecular weight excluding hydrogens is 184 g/mol. The van der Waals surface area contributed by atoms with Gasteiger partial charge in [-0.1, -0.05) is 38.1 Å². The van der Waals surface area contributed by atoms with E-state index in [2.05, 4.69) is 39.0 Å². The van der Waals surface area contributed by atoms with Crippen LogP contribution < -0.4 is 0 Å². The first-order chi connectivity index (χ1) is 7.02. The first kappa shape index (κ1) is 11.8. The van der Waals surface area contributed by atoms with E-state index in [1.165, 1.54) is 11.1 Å². The fourth-order valence-corrected chi connectivity index (χ4v) is 1.57. The van der Waals surface area contributed by atoms with Gasteiger partial charge in [0.15, 0.2) is 0 Å². The molecule has 1 aromatic carbocycles. The highest BCUT2D eigenvalue weighted by molar-refractivity contribution is 5.80. The summed E-state index contributed by atoms with van der Waals surface area (Å²) in [6, 6.07) is 8.34. The van der Waals surface area contributed by atoms with Crippen LogP contribution in [0, 0.1) is 18.3 Å². The SMILES string of the molecule is Cc1ccccc1CN(C)C(=N)C(C)C. The van der Waals surface area contributed by atoms with Crippen LogP contribution in [0.25, 0.3) is 0 Å². The van der Waals surface area contributed by atoms with Gasteiger partial charge in [0.05, 0.1) is 5.84 Å². The molecule has 0 radical (unpaired) electrons. The molecule has 0 heterocycles. The van der Waals surface area contributed by atoms with E-state index in [0.29, 0.717) is 11.8 Å². The van der Waals surface area contributed by atoms with Gasteiger partial charge in [0, 0.05) is 19.5 Å². The third-order valence-corrected chi connectivity index (χ3v) is 2.63. The van der Waals surface area contributed by atoms with E-state index in [1.54, 1.807) is 0 Å². The topological polar surface area (TPSA) is 27.1 Å². The average molecular weight is 204 g/mol. The molecule has 2 heteroatoms. The van der Waals surface area contributed by atoms with Crippen LogP contribution in [-0.4, -0.2) is 17.8 Å². The maximum absolute atomic E-state index is 7.90. The van der Waals surface area contributed by atoms with E-state index in [4.69, 9.17) is 5.41 Å². The summed E-state index contributed by atoms with van der Waals surface area (Å²) in [6.45, 7) is 7.04. The first-order valence-electron chi connectivity index (χ1n) is 5.36. The lowest BCUT2D eigenvalue weighted by Gasteiger charge is -2.23. The van der Waals surface area contributed by atoms with Crippen LogP contribution in [0.3, 0.4) is 0 Å². The van der Waals surface area contributed by atoms with Gasteiger partial charge in [-0.3, -0.25) is 5.41 Å². The minimum absolute atomic E-state index is 0.291. The number of rotatable bonds is 3. The fraction of sp³-hybridized carbons (Fsp3) is 0.462. The van der Waals surface area contributed by atoms with Crippen molar-refractivity contribution >= 4 is 5.84 Å². The van der Waals surface area contributed by atoms with Gasteiger partial charge >= 0.3 is 0 Å². The highest BCUT2D eigenvalue weighted by atomic mass is 15.1. The van der Waals surface area contributed by atoms with Gasteiger partial charge in [0.1, 0.15) is 0 Å². The molecule has 0 saturated carbocycles. The molecule has 0 amide bonds. The van der Waals surface area contributed by atoms with Crippen molar-refractivity contribution in [1.82, 2.24) is 4.90 Å². The molecule has 1 N–H and O–H groups in total. The number of nitrogens with one attached hydrogen (secondary N) is 1. The molecule has 0 saturated heterocycles. The van der Waals surface area contributed by atoms with Crippen molar-refractivity contribution in [2.45, 2.75) is 27.3 Å². The van der Waals surface area contributed by atoms with E-state index in [9.17, 15) is 0 Å². The Kier molecular flexibility index (Phi) is 3.89. The summed E-state index contributed by atoms with van der Waals surface area (Å²) in [6.07, 6.45) is 0. The van der Waals surface area contributed by atoms with Crippen molar-refractivity contribution in [2.75, 3.05) is 7.05 Å². The minimum Gasteiger partial charge on any atom is -0.359 e. The molecular formula is C13H20N2. The van der Waals surface area contributed by atoms with Crippen LogP contribution in [0.15, 0.2) is 24.3 Å². The van der Waals surface area contributed by atoms with Crippen LogP contribution in [0.2, 0.25) is 0 Å². The van der Waals surface area contributed by atoms with Crippen LogP contribution in [-0.2, 0) is 6.54 Å². The summed E-state index contributed by atoms with van der Waals surface area (Å²) in [7, 11) is 1.98. The zero-order valence-corrected chi connectivity index (χ0v) is 10.0. The van der Waals surface area contributed by atoms with E-state index in [0.717, 1.165) is 6.54 Å². The molecule has 0 unspecified atom stereocenters. The van der Waals surface area contributed by atoms with Gasteiger partial charge in [0.25, 0.3) is 0 Å². The summed E-state index contributed by atoms with van der Waals surface area (Å²) in [5.41, 5.74) is 2.59. The van der Waals surface area contributed by atoms with Gasteiger partial charge in [-0.15, -0.1) is 0 Å². The van der Waals surface area contributed by atoms with Crippen LogP contribution >= 0.6 is 0 Å². The molecule has 15 heavy (non-hydrogen) atoms. The number of aryl methyl sites for hydroxylation is 1. The van der Waals surface area contributed by atoms with Crippen molar-refractivity contribution in [3.8, 4) is 0 Å². The lowest BCUT2D eigenvalue weighted by molar-refractivity contribution is 0.467. The third-order valence-electron chi connectivity index (χ3n) is 2.63. The average Bonchev–Trinajstić information content (AvgIpc) is 2.20. The number of nitrogens with zero attached hydrogens (tertiary/aromatic N) is 1. The Morgan fingerprint density at radius 1 is 1.33 bits per heavy atom. The molecule has 1 rings (SSSR count). The summed E-state index contributed by atoms with van der Waals surface area (Å²) in [5, 5.41) is 7.90. The summed E-state index contributed by atoms with van der Waals surface area (Å²) in [4.78, 5) is 2.01. The molecule has 0 aliphatic rings. The normalized spacial score (nSPS) is 10.5. The Morgan fingerprint density at radius 2 is 1.93 bits per heavy atom. The first-order valence-corrected chi connectivity index (χ1v) is 5.36. The number of hydrogen-bond donors (Lipinski definition) is 1. The fourth-order valence-electron chi connectivity index (χ4n) is 1.57. The standard InChI is InChI=1S/C13H20N2/c1-10(2)13(14)15(4)9-12-8-6-5-7-11(12)3/h5-8,10,14H,9H2,1-4H3. The third kappa shape index (κ3) is 3.08. The van der Waals surface area contributed by atoms with Crippen LogP contribution in [0.5, 0.6) is 0 Å². The molecule has 82 valence electrons. The molecule has 0 spiro atoms. The van der Waals surface area contributed by atoms with Gasteiger partial charge < -0.3 is 4.90 Å². The quantitative estimate of drug-likeness (QED) is 0.594. The molecule has 2 nitrogen and oxygen atoms in total. The Bertz CT molecular complexity index is 342. The second-order valence-corrected chi connectivity index (χ2v) is 4.32. The lowest BCUT2D eigenvalue weighted by atomic mass is 10.1. The Labute approximate surface area is 92.4 Å². The van der Waals surface area contributed by atoms with Gasteiger partial charge in [0.2, 0.25) is 0 Å². The molecule has 0 aromatic heterocycles. The number of hydrogen-bond acceptors (Lipinski definition) is 1. The summed E-state index contributed by atoms with van der Waals surface area (Å²) in [5.74, 6) is 0.984. The Hall–Kier alpha value is -1.31. The van der Waals surface area contributed by atoms with E-state index in [1.807, 2.05) is 18.0 Å². The molecule has 0 bridgehead atoms. The zero-order chi connectivity index (χ0) is 11.4. The number of benzene rings is 1. The number of amidine groups is 1. The van der Waals surface area contributed by atoms with Crippen molar-refractivity contribution in [2.24, 2.45) is 5.92 Å². The highest BCUT2D eigenvalue weighted by Crippen LogP contribution is 2.11. The van der Waals surface area contributed by atoms with E-state index in [-0.39, 0.29) is 0 Å². The highest BCUT2D eigenvalue weighted by Gasteiger charge is 2.09. The maximum Gasteiger partial charge on any atom is 0.0984 e. The molecule has 0 atom stereocenters. The second kappa shape index (κ2) is 4.96. The predicted octanol–water partition coefficient (Wildman–Crippen LogP) is 3.06. The minimum atomic E-state index is 0.291. The zero-order valence-electron chi connectivity index (χ0n) is 10.0. The summed E-state index contributed by atoms with van der Waals surface area (Å²) >= 11 is 0. The monoisotopic (exact) mass is 204 g/mol. The summed E-state index contributed by atoms with van der Waals surface area (Å²) < 4.78 is 0. The maximum atomic E-state index is 7.90.